The second-order valence-corrected chi connectivity index (χ2v) is 13.4. The van der Waals surface area contributed by atoms with Crippen LogP contribution in [0.2, 0.25) is 0 Å². The Bertz CT molecular complexity index is 1870. The lowest BCUT2D eigenvalue weighted by molar-refractivity contribution is -0.138. The first-order chi connectivity index (χ1) is 23.5. The van der Waals surface area contributed by atoms with E-state index in [-0.39, 0.29) is 48.5 Å². The monoisotopic (exact) mass is 684 g/mol. The number of fused-ring (bicyclic) bond motifs is 1. The van der Waals surface area contributed by atoms with Gasteiger partial charge in [-0.3, -0.25) is 24.1 Å². The molecule has 13 heteroatoms. The fourth-order valence-corrected chi connectivity index (χ4v) is 6.88. The van der Waals surface area contributed by atoms with Crippen molar-refractivity contribution in [3.8, 4) is 0 Å². The zero-order valence-corrected chi connectivity index (χ0v) is 27.5. The lowest BCUT2D eigenvalue weighted by Gasteiger charge is -2.30. The molecule has 0 spiro atoms. The number of nitrogens with one attached hydrogen (secondary N) is 2. The summed E-state index contributed by atoms with van der Waals surface area (Å²) in [5, 5.41) is 14.4. The zero-order valence-electron chi connectivity index (χ0n) is 26.7. The minimum Gasteiger partial charge on any atom is -0.390 e. The Labute approximate surface area is 284 Å². The predicted octanol–water partition coefficient (Wildman–Crippen LogP) is 3.54. The van der Waals surface area contributed by atoms with Gasteiger partial charge in [-0.2, -0.15) is 4.31 Å². The smallest absolute Gasteiger partial charge is 0.329 e. The molecule has 12 nitrogen and oxygen atoms in total. The van der Waals surface area contributed by atoms with Gasteiger partial charge in [-0.15, -0.1) is 0 Å². The summed E-state index contributed by atoms with van der Waals surface area (Å²) in [6.45, 7) is 0.615. The molecule has 0 saturated carbocycles. The van der Waals surface area contributed by atoms with Gasteiger partial charge in [0.1, 0.15) is 0 Å². The van der Waals surface area contributed by atoms with E-state index < -0.39 is 45.9 Å². The van der Waals surface area contributed by atoms with Gasteiger partial charge in [0.15, 0.2) is 0 Å². The van der Waals surface area contributed by atoms with Gasteiger partial charge in [0.2, 0.25) is 15.9 Å². The van der Waals surface area contributed by atoms with E-state index in [1.807, 2.05) is 30.3 Å². The molecule has 3 amide bonds. The van der Waals surface area contributed by atoms with Crippen molar-refractivity contribution in [2.45, 2.75) is 43.4 Å². The lowest BCUT2D eigenvalue weighted by atomic mass is 10.0. The van der Waals surface area contributed by atoms with E-state index in [4.69, 9.17) is 4.84 Å². The van der Waals surface area contributed by atoms with Crippen molar-refractivity contribution in [2.75, 3.05) is 18.6 Å². The highest BCUT2D eigenvalue weighted by molar-refractivity contribution is 7.89. The number of carbonyl (C=O) groups is 4. The van der Waals surface area contributed by atoms with Crippen LogP contribution in [0.25, 0.3) is 0 Å². The van der Waals surface area contributed by atoms with Crippen molar-refractivity contribution in [1.82, 2.24) is 14.5 Å². The van der Waals surface area contributed by atoms with Crippen LogP contribution >= 0.6 is 0 Å². The Morgan fingerprint density at radius 3 is 1.94 bits per heavy atom. The van der Waals surface area contributed by atoms with E-state index in [0.29, 0.717) is 11.3 Å². The van der Waals surface area contributed by atoms with Crippen LogP contribution in [0, 0.1) is 0 Å². The molecule has 0 fully saturated rings. The maximum absolute atomic E-state index is 14.0. The number of sulfonamides is 1. The highest BCUT2D eigenvalue weighted by atomic mass is 32.2. The van der Waals surface area contributed by atoms with Crippen molar-refractivity contribution in [3.63, 3.8) is 0 Å². The lowest BCUT2D eigenvalue weighted by Crippen LogP contribution is -2.50. The summed E-state index contributed by atoms with van der Waals surface area (Å²) in [6.07, 6.45) is -1.41. The van der Waals surface area contributed by atoms with Crippen LogP contribution < -0.4 is 10.8 Å². The summed E-state index contributed by atoms with van der Waals surface area (Å²) in [5.41, 5.74) is 4.82. The second-order valence-electron chi connectivity index (χ2n) is 11.5. The molecule has 254 valence electrons. The Balaban J connectivity index is 1.34. The van der Waals surface area contributed by atoms with Gasteiger partial charge in [-0.05, 0) is 53.9 Å². The fraction of sp³-hybridized carbons (Fsp3) is 0.222. The first-order valence-corrected chi connectivity index (χ1v) is 17.0. The van der Waals surface area contributed by atoms with Crippen molar-refractivity contribution in [2.24, 2.45) is 0 Å². The SMILES string of the molecule is CC(=O)ONc1ccc(S(=O)(=O)N(Cc2ccccc2)C[C@@H](O)[C@H](Cc2ccccc2)NC(=O)CCN2C(=O)c3ccccc3C2=O)cc1. The number of aliphatic hydroxyl groups excluding tert-OH is 1. The summed E-state index contributed by atoms with van der Waals surface area (Å²) < 4.78 is 29.2. The number of imide groups is 1. The number of hydrogen-bond donors (Lipinski definition) is 3. The number of anilines is 1. The maximum atomic E-state index is 14.0. The number of benzene rings is 4. The topological polar surface area (TPSA) is 162 Å². The van der Waals surface area contributed by atoms with Crippen molar-refractivity contribution < 1.29 is 37.5 Å². The predicted molar refractivity (Wildman–Crippen MR) is 180 cm³/mol. The van der Waals surface area contributed by atoms with Crippen molar-refractivity contribution in [3.05, 3.63) is 131 Å². The number of rotatable bonds is 15. The molecular formula is C36H36N4O8S. The average Bonchev–Trinajstić information content (AvgIpc) is 3.35. The summed E-state index contributed by atoms with van der Waals surface area (Å²) in [7, 11) is -4.19. The normalized spacial score (nSPS) is 13.9. The Hall–Kier alpha value is -5.37. The number of hydrogen-bond acceptors (Lipinski definition) is 9. The van der Waals surface area contributed by atoms with Crippen LogP contribution in [-0.4, -0.2) is 71.7 Å². The molecular weight excluding hydrogens is 648 g/mol. The van der Waals surface area contributed by atoms with Crippen LogP contribution in [0.5, 0.6) is 0 Å². The van der Waals surface area contributed by atoms with Gasteiger partial charge in [0, 0.05) is 33.0 Å². The third kappa shape index (κ3) is 8.76. The minimum absolute atomic E-state index is 0.0615. The van der Waals surface area contributed by atoms with Gasteiger partial charge >= 0.3 is 5.97 Å². The third-order valence-corrected chi connectivity index (χ3v) is 9.77. The van der Waals surface area contributed by atoms with Crippen LogP contribution in [-0.2, 0) is 37.4 Å². The van der Waals surface area contributed by atoms with Gasteiger partial charge < -0.3 is 15.3 Å². The molecule has 1 aliphatic rings. The molecule has 0 saturated heterocycles. The van der Waals surface area contributed by atoms with E-state index >= 15 is 0 Å². The number of carbonyl (C=O) groups excluding carboxylic acids is 4. The van der Waals surface area contributed by atoms with Crippen LogP contribution in [0.1, 0.15) is 45.2 Å². The summed E-state index contributed by atoms with van der Waals surface area (Å²) in [4.78, 5) is 55.7. The molecule has 0 aliphatic carbocycles. The van der Waals surface area contributed by atoms with Crippen LogP contribution in [0.15, 0.2) is 114 Å². The third-order valence-electron chi connectivity index (χ3n) is 7.95. The van der Waals surface area contributed by atoms with E-state index in [1.54, 1.807) is 54.6 Å². The zero-order chi connectivity index (χ0) is 35.0. The molecule has 0 radical (unpaired) electrons. The molecule has 4 aromatic rings. The first kappa shape index (κ1) is 35.0. The molecule has 1 aliphatic heterocycles. The van der Waals surface area contributed by atoms with Gasteiger partial charge in [0.05, 0.1) is 33.9 Å². The highest BCUT2D eigenvalue weighted by Crippen LogP contribution is 2.24. The van der Waals surface area contributed by atoms with E-state index in [1.165, 1.54) is 31.2 Å². The molecule has 3 N–H and O–H groups in total. The van der Waals surface area contributed by atoms with Gasteiger partial charge in [0.25, 0.3) is 11.8 Å². The van der Waals surface area contributed by atoms with Gasteiger partial charge in [-0.25, -0.2) is 13.9 Å². The van der Waals surface area contributed by atoms with E-state index in [9.17, 15) is 32.7 Å². The van der Waals surface area contributed by atoms with Crippen LogP contribution in [0.3, 0.4) is 0 Å². The molecule has 5 rings (SSSR count). The minimum atomic E-state index is -4.19. The molecule has 4 aromatic carbocycles. The molecule has 0 unspecified atom stereocenters. The summed E-state index contributed by atoms with van der Waals surface area (Å²) in [5.74, 6) is -2.05. The largest absolute Gasteiger partial charge is 0.390 e. The maximum Gasteiger partial charge on any atom is 0.329 e. The van der Waals surface area contributed by atoms with Crippen molar-refractivity contribution >= 4 is 39.4 Å². The number of aliphatic hydroxyl groups is 1. The number of amides is 3. The summed E-state index contributed by atoms with van der Waals surface area (Å²) >= 11 is 0. The second kappa shape index (κ2) is 15.7. The Morgan fingerprint density at radius 2 is 1.37 bits per heavy atom. The molecule has 49 heavy (non-hydrogen) atoms. The van der Waals surface area contributed by atoms with Crippen LogP contribution in [0.4, 0.5) is 5.69 Å². The fourth-order valence-electron chi connectivity index (χ4n) is 5.43. The molecule has 2 atom stereocenters. The van der Waals surface area contributed by atoms with Crippen molar-refractivity contribution in [1.29, 1.82) is 0 Å². The Kier molecular flexibility index (Phi) is 11.2. The Morgan fingerprint density at radius 1 is 0.816 bits per heavy atom. The first-order valence-electron chi connectivity index (χ1n) is 15.6. The van der Waals surface area contributed by atoms with E-state index in [0.717, 1.165) is 14.8 Å². The van der Waals surface area contributed by atoms with E-state index in [2.05, 4.69) is 10.8 Å². The van der Waals surface area contributed by atoms with Gasteiger partial charge in [-0.1, -0.05) is 72.8 Å². The standard InChI is InChI=1S/C36H36N4O8S/c1-25(41)48-38-28-16-18-29(19-17-28)49(46,47)39(23-27-12-6-3-7-13-27)24-33(42)32(22-26-10-4-2-5-11-26)37-34(43)20-21-40-35(44)30-14-8-9-15-31(30)36(40)45/h2-19,32-33,38,42H,20-24H2,1H3,(H,37,43)/t32-,33+/m0/s1. The average molecular weight is 685 g/mol. The molecule has 0 aromatic heterocycles. The quantitative estimate of drug-likeness (QED) is 0.126. The summed E-state index contributed by atoms with van der Waals surface area (Å²) in [6, 6.07) is 29.1. The number of nitrogens with zero attached hydrogens (tertiary/aromatic N) is 2. The molecule has 0 bridgehead atoms. The molecule has 1 heterocycles. The highest BCUT2D eigenvalue weighted by Gasteiger charge is 2.36.